The number of ether oxygens (including phenoxy) is 7. The molecule has 5 aliphatic heterocycles. The lowest BCUT2D eigenvalue weighted by atomic mass is 9.84. The van der Waals surface area contributed by atoms with Crippen LogP contribution < -0.4 is 0 Å². The molecule has 16 heteroatoms. The van der Waals surface area contributed by atoms with Gasteiger partial charge < -0.3 is 46.4 Å². The Morgan fingerprint density at radius 3 is 1.94 bits per heavy atom. The minimum absolute atomic E-state index is 0.0112. The van der Waals surface area contributed by atoms with Gasteiger partial charge in [-0.2, -0.15) is 0 Å². The van der Waals surface area contributed by atoms with Crippen molar-refractivity contribution in [2.24, 2.45) is 17.8 Å². The molecule has 0 aliphatic carbocycles. The first kappa shape index (κ1) is 72.9. The fourth-order valence-electron chi connectivity index (χ4n) is 12.6. The van der Waals surface area contributed by atoms with E-state index in [4.69, 9.17) is 46.4 Å². The van der Waals surface area contributed by atoms with Crippen LogP contribution in [0, 0.1) is 17.8 Å². The van der Waals surface area contributed by atoms with Gasteiger partial charge in [0.1, 0.15) is 41.9 Å². The van der Waals surface area contributed by atoms with Crippen molar-refractivity contribution in [1.29, 1.82) is 0 Å². The number of halogens is 1. The molecule has 3 unspecified atom stereocenters. The lowest BCUT2D eigenvalue weighted by Crippen LogP contribution is -2.69. The van der Waals surface area contributed by atoms with Crippen LogP contribution >= 0.6 is 22.6 Å². The molecule has 6 rings (SSSR count). The largest absolute Gasteiger partial charge is 0.455 e. The third-order valence-electron chi connectivity index (χ3n) is 21.4. The Hall–Kier alpha value is -1.14. The van der Waals surface area contributed by atoms with Crippen LogP contribution in [0.5, 0.6) is 0 Å². The summed E-state index contributed by atoms with van der Waals surface area (Å²) in [4.78, 5) is 28.8. The summed E-state index contributed by atoms with van der Waals surface area (Å²) in [5.74, 6) is 0.676. The number of esters is 1. The Kier molecular flexibility index (Phi) is 25.8. The second-order valence-electron chi connectivity index (χ2n) is 31.3. The van der Waals surface area contributed by atoms with E-state index in [0.717, 1.165) is 55.8 Å². The summed E-state index contributed by atoms with van der Waals surface area (Å²) in [6, 6.07) is 9.27. The van der Waals surface area contributed by atoms with Gasteiger partial charge in [0.05, 0.1) is 60.5 Å². The zero-order chi connectivity index (χ0) is 63.3. The Balaban J connectivity index is 1.38. The van der Waals surface area contributed by atoms with Gasteiger partial charge in [0, 0.05) is 36.7 Å². The molecule has 5 saturated heterocycles. The van der Waals surface area contributed by atoms with Crippen molar-refractivity contribution >= 4 is 59.3 Å². The van der Waals surface area contributed by atoms with Crippen molar-refractivity contribution in [3.8, 4) is 0 Å². The van der Waals surface area contributed by atoms with E-state index in [1.54, 1.807) is 7.11 Å². The predicted molar refractivity (Wildman–Crippen MR) is 361 cm³/mol. The third kappa shape index (κ3) is 18.6. The summed E-state index contributed by atoms with van der Waals surface area (Å²) in [5.41, 5.74) is 1.32. The highest BCUT2D eigenvalue weighted by Crippen LogP contribution is 2.49. The molecule has 18 atom stereocenters. The fourth-order valence-corrected chi connectivity index (χ4v) is 17.4. The highest BCUT2D eigenvalue weighted by molar-refractivity contribution is 14.1. The maximum Gasteiger partial charge on any atom is 0.338 e. The number of methoxy groups -OCH3 is 1. The average Bonchev–Trinajstić information content (AvgIpc) is 2.83. The number of rotatable bonds is 28. The van der Waals surface area contributed by atoms with Gasteiger partial charge in [-0.3, -0.25) is 4.79 Å². The maximum atomic E-state index is 14.6. The molecule has 0 radical (unpaired) electrons. The summed E-state index contributed by atoms with van der Waals surface area (Å²) in [6.45, 7) is 49.6. The number of allylic oxidation sites excluding steroid dienone is 1. The molecule has 1 aromatic rings. The van der Waals surface area contributed by atoms with E-state index in [1.165, 1.54) is 5.57 Å². The molecule has 5 heterocycles. The number of ketones is 1. The molecule has 5 fully saturated rings. The molecule has 0 aromatic heterocycles. The highest BCUT2D eigenvalue weighted by atomic mass is 127. The van der Waals surface area contributed by atoms with Crippen molar-refractivity contribution in [2.45, 2.75) is 332 Å². The quantitative estimate of drug-likeness (QED) is 0.0261. The molecule has 0 amide bonds. The first-order valence-electron chi connectivity index (χ1n) is 33.0. The van der Waals surface area contributed by atoms with Crippen molar-refractivity contribution in [1.82, 2.24) is 0 Å². The molecule has 12 nitrogen and oxygen atoms in total. The Bertz CT molecular complexity index is 2330. The van der Waals surface area contributed by atoms with Crippen molar-refractivity contribution in [2.75, 3.05) is 11.5 Å². The zero-order valence-electron chi connectivity index (χ0n) is 56.9. The number of hydrogen-bond donors (Lipinski definition) is 0. The first-order chi connectivity index (χ1) is 39.5. The number of carbonyl (C=O) groups excluding carboxylic acids is 2. The van der Waals surface area contributed by atoms with Crippen LogP contribution in [0.4, 0.5) is 0 Å². The SMILES string of the molecule is C=C(C)[C@H](C)C[C@H]1CC[C@@H]2O[C@@H](CCC(/C=C/[C@H](O[Si](C)(C)C(C)(C)C)[C@@H]3O[C@H]4CC[C@H](CC(=O)CC5[C@H](CCC)O[C@H](CC(C)CC)[C@@H]5OC)O[C@@H]4[C@H](O[Si](C)(C)C(C)(C)C)[C@@H]3O[Si](C)(C)C(C)(C)C)OC(=O)c3ccccc3)C[C@]2(CI)O1. The number of fused-ring (bicyclic) bond motifs is 2. The van der Waals surface area contributed by atoms with E-state index < -0.39 is 61.6 Å². The monoisotopic (exact) mass is 1350 g/mol. The molecular formula is C69H119IO12Si3. The minimum Gasteiger partial charge on any atom is -0.455 e. The van der Waals surface area contributed by atoms with Gasteiger partial charge in [-0.05, 0) is 149 Å². The van der Waals surface area contributed by atoms with E-state index in [-0.39, 0.29) is 87.2 Å². The molecule has 1 aromatic carbocycles. The van der Waals surface area contributed by atoms with Crippen LogP contribution in [-0.2, 0) is 51.2 Å². The van der Waals surface area contributed by atoms with Crippen molar-refractivity contribution < 1.29 is 56.0 Å². The summed E-state index contributed by atoms with van der Waals surface area (Å²) >= 11 is 2.49. The second kappa shape index (κ2) is 30.1. The number of alkyl halides is 1. The van der Waals surface area contributed by atoms with Crippen LogP contribution in [0.2, 0.25) is 54.4 Å². The van der Waals surface area contributed by atoms with Gasteiger partial charge in [0.15, 0.2) is 25.0 Å². The predicted octanol–water partition coefficient (Wildman–Crippen LogP) is 17.1. The van der Waals surface area contributed by atoms with Gasteiger partial charge in [0.25, 0.3) is 0 Å². The number of benzene rings is 1. The molecule has 0 bridgehead atoms. The van der Waals surface area contributed by atoms with E-state index in [9.17, 15) is 9.59 Å². The average molecular weight is 1350 g/mol. The fraction of sp³-hybridized carbons (Fsp3) is 0.826. The van der Waals surface area contributed by atoms with E-state index >= 15 is 0 Å². The van der Waals surface area contributed by atoms with Crippen LogP contribution in [0.1, 0.15) is 197 Å². The molecule has 486 valence electrons. The summed E-state index contributed by atoms with van der Waals surface area (Å²) < 4.78 is 72.7. The van der Waals surface area contributed by atoms with Gasteiger partial charge in [-0.25, -0.2) is 4.79 Å². The van der Waals surface area contributed by atoms with Gasteiger partial charge in [-0.1, -0.05) is 162 Å². The number of carbonyl (C=O) groups is 2. The molecule has 5 aliphatic rings. The van der Waals surface area contributed by atoms with Crippen LogP contribution in [0.25, 0.3) is 0 Å². The molecule has 0 saturated carbocycles. The van der Waals surface area contributed by atoms with Crippen molar-refractivity contribution in [3.05, 3.63) is 60.2 Å². The van der Waals surface area contributed by atoms with Gasteiger partial charge >= 0.3 is 5.97 Å². The minimum atomic E-state index is -2.62. The smallest absolute Gasteiger partial charge is 0.338 e. The van der Waals surface area contributed by atoms with Crippen molar-refractivity contribution in [3.63, 3.8) is 0 Å². The topological polar surface area (TPSA) is 126 Å². The molecule has 85 heavy (non-hydrogen) atoms. The Morgan fingerprint density at radius 2 is 1.36 bits per heavy atom. The maximum absolute atomic E-state index is 14.6. The lowest BCUT2D eigenvalue weighted by molar-refractivity contribution is -0.266. The summed E-state index contributed by atoms with van der Waals surface area (Å²) in [5, 5.41) is -0.478. The summed E-state index contributed by atoms with van der Waals surface area (Å²) in [7, 11) is -6.00. The Labute approximate surface area is 533 Å². The van der Waals surface area contributed by atoms with Crippen LogP contribution in [0.3, 0.4) is 0 Å². The molecular weight excluding hydrogens is 1230 g/mol. The second-order valence-corrected chi connectivity index (χ2v) is 46.3. The van der Waals surface area contributed by atoms with Gasteiger partial charge in [-0.15, -0.1) is 0 Å². The molecule has 0 N–H and O–H groups in total. The van der Waals surface area contributed by atoms with Crippen LogP contribution in [0.15, 0.2) is 54.6 Å². The summed E-state index contributed by atoms with van der Waals surface area (Å²) in [6.07, 6.45) is 10.7. The standard InChI is InChI=1S/C69H119IO12Si3/c1-23-28-55-54(60(73-16)58(77-55)39-46(5)24-2)42-49(71)41-51-34-36-56-61(75-51)63(81-84(19,20)67(10,11)12)64(82-85(21,22)68(13,14)15)62(78-56)57(80-83(17,18)66(7,8)9)37-33-50(76-65(72)48-29-26-25-27-30-48)31-32-53-43-69(44-70)59(74-53)38-35-52(79-69)40-47(6)45(3)4/h25-27,29-30,33,37,46-47,50-64H,3,23-24,28,31-32,34-36,38-44H2,1-2,4-22H3/b37-33+/t46?,47-,50?,51-,52-,53+,54?,55+,56+,57+,58-,59+,60-,61+,62+,63+,64-,69-/m1/s1. The van der Waals surface area contributed by atoms with E-state index in [0.29, 0.717) is 55.9 Å². The Morgan fingerprint density at radius 1 is 0.741 bits per heavy atom. The lowest BCUT2D eigenvalue weighted by Gasteiger charge is -2.56. The van der Waals surface area contributed by atoms with Gasteiger partial charge in [0.2, 0.25) is 0 Å². The van der Waals surface area contributed by atoms with E-state index in [2.05, 4.69) is 178 Å². The first-order valence-corrected chi connectivity index (χ1v) is 43.3. The normalized spacial score (nSPS) is 32.1. The van der Waals surface area contributed by atoms with E-state index in [1.807, 2.05) is 30.3 Å². The highest BCUT2D eigenvalue weighted by Gasteiger charge is 2.59. The number of hydrogen-bond acceptors (Lipinski definition) is 12. The zero-order valence-corrected chi connectivity index (χ0v) is 62.1. The number of Topliss-reactive ketones (excluding diaryl/α,β-unsaturated/α-hetero) is 1. The molecule has 0 spiro atoms. The third-order valence-corrected chi connectivity index (χ3v) is 36.2. The van der Waals surface area contributed by atoms with Crippen LogP contribution in [-0.4, -0.2) is 139 Å².